The van der Waals surface area contributed by atoms with Crippen molar-refractivity contribution >= 4 is 97.3 Å². The van der Waals surface area contributed by atoms with Crippen molar-refractivity contribution in [3.05, 3.63) is 120 Å². The Morgan fingerprint density at radius 1 is 0.345 bits per heavy atom. The molecule has 58 heavy (non-hydrogen) atoms. The Morgan fingerprint density at radius 3 is 1.10 bits per heavy atom. The van der Waals surface area contributed by atoms with Crippen LogP contribution in [-0.4, -0.2) is 0 Å². The van der Waals surface area contributed by atoms with Gasteiger partial charge in [-0.3, -0.25) is 0 Å². The number of hydrogen-bond acceptors (Lipinski definition) is 4. The van der Waals surface area contributed by atoms with E-state index in [9.17, 15) is 0 Å². The first kappa shape index (κ1) is 41.5. The van der Waals surface area contributed by atoms with E-state index in [1.54, 1.807) is 0 Å². The van der Waals surface area contributed by atoms with Crippen molar-refractivity contribution in [3.63, 3.8) is 0 Å². The van der Waals surface area contributed by atoms with Crippen LogP contribution in [0.2, 0.25) is 0 Å². The second-order valence-electron chi connectivity index (χ2n) is 16.5. The largest absolute Gasteiger partial charge is 0.134 e. The molecule has 0 fully saturated rings. The second-order valence-corrected chi connectivity index (χ2v) is 20.9. The van der Waals surface area contributed by atoms with Gasteiger partial charge in [0.25, 0.3) is 0 Å². The first-order chi connectivity index (χ1) is 28.6. The summed E-state index contributed by atoms with van der Waals surface area (Å²) in [6.07, 6.45) is 24.4. The van der Waals surface area contributed by atoms with Gasteiger partial charge in [0, 0.05) is 39.8 Å². The summed E-state index contributed by atoms with van der Waals surface area (Å²) >= 11 is 7.68. The normalized spacial score (nSPS) is 12.0. The summed E-state index contributed by atoms with van der Waals surface area (Å²) in [5, 5.41) is 8.09. The highest BCUT2D eigenvalue weighted by molar-refractivity contribution is 7.99. The molecule has 0 bridgehead atoms. The van der Waals surface area contributed by atoms with Crippen LogP contribution in [0.3, 0.4) is 0 Å². The minimum Gasteiger partial charge on any atom is -0.134 e. The third-order valence-electron chi connectivity index (χ3n) is 11.9. The van der Waals surface area contributed by atoms with Gasteiger partial charge in [0.1, 0.15) is 0 Å². The summed E-state index contributed by atoms with van der Waals surface area (Å²) in [7, 11) is 0. The molecule has 0 radical (unpaired) electrons. The van der Waals surface area contributed by atoms with Crippen LogP contribution in [0.5, 0.6) is 0 Å². The second kappa shape index (κ2) is 20.8. The molecule has 0 spiro atoms. The molecule has 8 aromatic rings. The van der Waals surface area contributed by atoms with Gasteiger partial charge in [-0.25, -0.2) is 0 Å². The Morgan fingerprint density at radius 2 is 0.707 bits per heavy atom. The molecule has 4 heteroatoms. The molecule has 0 saturated heterocycles. The minimum atomic E-state index is 1.20. The van der Waals surface area contributed by atoms with Gasteiger partial charge in [-0.1, -0.05) is 164 Å². The lowest BCUT2D eigenvalue weighted by atomic mass is 10.0. The van der Waals surface area contributed by atoms with Crippen molar-refractivity contribution in [2.24, 2.45) is 0 Å². The van der Waals surface area contributed by atoms with E-state index in [0.717, 1.165) is 0 Å². The Labute approximate surface area is 364 Å². The van der Waals surface area contributed by atoms with Crippen LogP contribution in [0.4, 0.5) is 0 Å². The lowest BCUT2D eigenvalue weighted by Crippen LogP contribution is -1.87. The fraction of sp³-hybridized carbons (Fsp3) is 0.370. The van der Waals surface area contributed by atoms with E-state index in [-0.39, 0.29) is 0 Å². The maximum absolute atomic E-state index is 2.43. The zero-order valence-corrected chi connectivity index (χ0v) is 38.0. The van der Waals surface area contributed by atoms with Gasteiger partial charge in [0.05, 0.1) is 9.40 Å². The monoisotopic (exact) mass is 836 g/mol. The predicted molar refractivity (Wildman–Crippen MR) is 263 cm³/mol. The Kier molecular flexibility index (Phi) is 14.9. The van der Waals surface area contributed by atoms with E-state index in [2.05, 4.69) is 123 Å². The third kappa shape index (κ3) is 10.7. The van der Waals surface area contributed by atoms with E-state index in [0.29, 0.717) is 0 Å². The Hall–Kier alpha value is -3.28. The van der Waals surface area contributed by atoms with Crippen LogP contribution >= 0.6 is 46.2 Å². The molecule has 0 saturated carbocycles. The molecule has 0 aliphatic heterocycles. The fourth-order valence-electron chi connectivity index (χ4n) is 8.47. The van der Waals surface area contributed by atoms with E-state index in [1.807, 2.05) is 46.2 Å². The highest BCUT2D eigenvalue weighted by Gasteiger charge is 2.15. The molecule has 2 heterocycles. The first-order valence-electron chi connectivity index (χ1n) is 22.4. The van der Waals surface area contributed by atoms with Crippen LogP contribution in [-0.2, 0) is 12.8 Å². The molecular formula is C54H60S4. The van der Waals surface area contributed by atoms with Gasteiger partial charge in [0.2, 0.25) is 0 Å². The van der Waals surface area contributed by atoms with Gasteiger partial charge in [-0.2, -0.15) is 0 Å². The molecule has 0 unspecified atom stereocenters. The predicted octanol–water partition coefficient (Wildman–Crippen LogP) is 19.2. The number of unbranched alkanes of at least 4 members (excludes halogenated alkanes) is 14. The van der Waals surface area contributed by atoms with E-state index in [4.69, 9.17) is 0 Å². The number of aryl methyl sites for hydroxylation is 2. The molecule has 8 rings (SSSR count). The smallest absolute Gasteiger partial charge is 0.0542 e. The Balaban J connectivity index is 0.892. The summed E-state index contributed by atoms with van der Waals surface area (Å²) in [5.41, 5.74) is 2.94. The summed E-state index contributed by atoms with van der Waals surface area (Å²) < 4.78 is 5.64. The van der Waals surface area contributed by atoms with Crippen molar-refractivity contribution in [1.29, 1.82) is 0 Å². The first-order valence-corrected chi connectivity index (χ1v) is 25.7. The van der Waals surface area contributed by atoms with Crippen molar-refractivity contribution in [2.45, 2.75) is 149 Å². The van der Waals surface area contributed by atoms with Gasteiger partial charge in [-0.05, 0) is 131 Å². The molecule has 300 valence electrons. The average Bonchev–Trinajstić information content (AvgIpc) is 3.77. The summed E-state index contributed by atoms with van der Waals surface area (Å²) in [5.74, 6) is 0. The SMILES string of the molecule is CCCCCCCCCCc1ccc(Sc2ccc3cc4c(cc3c2)sc2c3cc5ccc(Sc6ccc(CCCCCCCCCC)cc6)cc5cc3sc42)cc1. The molecule has 0 atom stereocenters. The number of rotatable bonds is 22. The molecule has 0 nitrogen and oxygen atoms in total. The number of benzene rings is 6. The zero-order chi connectivity index (χ0) is 39.5. The molecule has 0 amide bonds. The van der Waals surface area contributed by atoms with Crippen LogP contribution in [0.25, 0.3) is 51.1 Å². The molecule has 0 aliphatic rings. The number of hydrogen-bond donors (Lipinski definition) is 0. The topological polar surface area (TPSA) is 0 Å². The average molecular weight is 837 g/mol. The lowest BCUT2D eigenvalue weighted by Gasteiger charge is -2.07. The molecule has 6 aromatic carbocycles. The van der Waals surface area contributed by atoms with Gasteiger partial charge < -0.3 is 0 Å². The zero-order valence-electron chi connectivity index (χ0n) is 34.8. The molecule has 0 N–H and O–H groups in total. The van der Waals surface area contributed by atoms with Crippen LogP contribution in [0.15, 0.2) is 129 Å². The fourth-order valence-corrected chi connectivity index (χ4v) is 12.9. The summed E-state index contributed by atoms with van der Waals surface area (Å²) in [4.78, 5) is 5.25. The highest BCUT2D eigenvalue weighted by Crippen LogP contribution is 2.47. The minimum absolute atomic E-state index is 1.20. The molecule has 0 aliphatic carbocycles. The van der Waals surface area contributed by atoms with Crippen LogP contribution in [0.1, 0.15) is 128 Å². The standard InChI is InChI=1S/C54H60S4/c1-3-5-7-9-11-13-15-17-19-39-21-27-45(28-22-39)55-47-31-25-41-35-49-51(37-43(41)33-47)57-54-50-36-42-26-32-48(34-44(42)38-52(50)58-53(49)54)56-46-29-23-40(24-30-46)20-18-16-14-12-10-8-6-4-2/h21-38H,3-20H2,1-2H3. The molecular weight excluding hydrogens is 777 g/mol. The van der Waals surface area contributed by atoms with Gasteiger partial charge in [-0.15, -0.1) is 22.7 Å². The van der Waals surface area contributed by atoms with Crippen molar-refractivity contribution in [2.75, 3.05) is 0 Å². The van der Waals surface area contributed by atoms with Crippen LogP contribution in [0, 0.1) is 0 Å². The van der Waals surface area contributed by atoms with Crippen molar-refractivity contribution in [3.8, 4) is 0 Å². The van der Waals surface area contributed by atoms with Crippen molar-refractivity contribution in [1.82, 2.24) is 0 Å². The maximum atomic E-state index is 2.43. The lowest BCUT2D eigenvalue weighted by molar-refractivity contribution is 0.575. The third-order valence-corrected chi connectivity index (χ3v) is 16.4. The van der Waals surface area contributed by atoms with E-state index >= 15 is 0 Å². The Bertz CT molecular complexity index is 2360. The van der Waals surface area contributed by atoms with Gasteiger partial charge >= 0.3 is 0 Å². The number of fused-ring (bicyclic) bond motifs is 7. The quantitative estimate of drug-likeness (QED) is 0.0624. The van der Waals surface area contributed by atoms with E-state index < -0.39 is 0 Å². The maximum Gasteiger partial charge on any atom is 0.0542 e. The molecule has 2 aromatic heterocycles. The summed E-state index contributed by atoms with van der Waals surface area (Å²) in [6.45, 7) is 4.59. The van der Waals surface area contributed by atoms with Gasteiger partial charge in [0.15, 0.2) is 0 Å². The number of thiophene rings is 2. The summed E-state index contributed by atoms with van der Waals surface area (Å²) in [6, 6.07) is 42.4. The van der Waals surface area contributed by atoms with Crippen molar-refractivity contribution < 1.29 is 0 Å². The van der Waals surface area contributed by atoms with E-state index in [1.165, 1.54) is 197 Å². The highest BCUT2D eigenvalue weighted by atomic mass is 32.2. The van der Waals surface area contributed by atoms with Crippen LogP contribution < -0.4 is 0 Å².